The Labute approximate surface area is 111 Å². The number of aliphatic carboxylic acids is 1. The van der Waals surface area contributed by atoms with Crippen LogP contribution in [0.4, 0.5) is 11.4 Å². The first-order valence-electron chi connectivity index (χ1n) is 6.02. The zero-order valence-electron chi connectivity index (χ0n) is 11.3. The fourth-order valence-corrected chi connectivity index (χ4v) is 1.56. The van der Waals surface area contributed by atoms with Crippen molar-refractivity contribution in [3.8, 4) is 0 Å². The van der Waals surface area contributed by atoms with Gasteiger partial charge in [-0.15, -0.1) is 0 Å². The zero-order chi connectivity index (χ0) is 14.6. The second-order valence-electron chi connectivity index (χ2n) is 4.83. The highest BCUT2D eigenvalue weighted by Crippen LogP contribution is 2.26. The highest BCUT2D eigenvalue weighted by molar-refractivity contribution is 5.75. The normalized spacial score (nSPS) is 13.6. The van der Waals surface area contributed by atoms with E-state index >= 15 is 0 Å². The number of nitrogens with zero attached hydrogens (tertiary/aromatic N) is 1. The molecular weight excluding hydrogens is 248 g/mol. The van der Waals surface area contributed by atoms with E-state index in [4.69, 9.17) is 0 Å². The van der Waals surface area contributed by atoms with E-state index in [9.17, 15) is 20.0 Å². The van der Waals surface area contributed by atoms with Crippen LogP contribution in [0.2, 0.25) is 0 Å². The van der Waals surface area contributed by atoms with Gasteiger partial charge in [-0.25, -0.2) is 0 Å². The lowest BCUT2D eigenvalue weighted by Gasteiger charge is -2.24. The summed E-state index contributed by atoms with van der Waals surface area (Å²) in [4.78, 5) is 21.4. The molecule has 0 saturated carbocycles. The van der Waals surface area contributed by atoms with Gasteiger partial charge in [-0.2, -0.15) is 0 Å². The van der Waals surface area contributed by atoms with Crippen LogP contribution in [-0.4, -0.2) is 22.5 Å². The highest BCUT2D eigenvalue weighted by atomic mass is 16.6. The first kappa shape index (κ1) is 14.9. The van der Waals surface area contributed by atoms with Crippen LogP contribution >= 0.6 is 0 Å². The van der Waals surface area contributed by atoms with Gasteiger partial charge in [-0.05, 0) is 25.8 Å². The number of nitro groups is 1. The summed E-state index contributed by atoms with van der Waals surface area (Å²) in [6.07, 6.45) is 0.476. The number of aryl methyl sites for hydroxylation is 1. The maximum atomic E-state index is 11.2. The lowest BCUT2D eigenvalue weighted by molar-refractivity contribution is -0.384. The lowest BCUT2D eigenvalue weighted by atomic mass is 9.87. The van der Waals surface area contributed by atoms with Gasteiger partial charge in [0.2, 0.25) is 0 Å². The van der Waals surface area contributed by atoms with Gasteiger partial charge in [0.15, 0.2) is 0 Å². The van der Waals surface area contributed by atoms with Crippen LogP contribution < -0.4 is 5.32 Å². The van der Waals surface area contributed by atoms with Crippen molar-refractivity contribution < 1.29 is 14.8 Å². The van der Waals surface area contributed by atoms with Crippen molar-refractivity contribution in [3.63, 3.8) is 0 Å². The number of anilines is 1. The number of carboxylic acids is 1. The third-order valence-corrected chi connectivity index (χ3v) is 3.40. The Kier molecular flexibility index (Phi) is 4.47. The molecule has 0 bridgehead atoms. The van der Waals surface area contributed by atoms with E-state index in [0.29, 0.717) is 12.1 Å². The molecule has 1 rings (SSSR count). The Morgan fingerprint density at radius 3 is 2.63 bits per heavy atom. The third-order valence-electron chi connectivity index (χ3n) is 3.40. The molecular formula is C13H18N2O4. The standard InChI is InChI=1S/C13H18N2O4/c1-4-13(3,12(16)17)8-14-11-7-10(15(18)19)6-5-9(11)2/h5-7,14H,4,8H2,1-3H3,(H,16,17). The van der Waals surface area contributed by atoms with E-state index in [1.54, 1.807) is 19.9 Å². The van der Waals surface area contributed by atoms with Crippen LogP contribution in [0.1, 0.15) is 25.8 Å². The maximum Gasteiger partial charge on any atom is 0.311 e. The molecule has 0 fully saturated rings. The van der Waals surface area contributed by atoms with Gasteiger partial charge in [0, 0.05) is 24.4 Å². The summed E-state index contributed by atoms with van der Waals surface area (Å²) in [5, 5.41) is 22.9. The maximum absolute atomic E-state index is 11.2. The fraction of sp³-hybridized carbons (Fsp3) is 0.462. The molecule has 2 N–H and O–H groups in total. The minimum atomic E-state index is -0.892. The number of hydrogen-bond acceptors (Lipinski definition) is 4. The number of carboxylic acid groups (broad SMARTS) is 1. The number of nitrogens with one attached hydrogen (secondary N) is 1. The Hall–Kier alpha value is -2.11. The molecule has 0 radical (unpaired) electrons. The molecule has 1 aromatic rings. The summed E-state index contributed by atoms with van der Waals surface area (Å²) in [6.45, 7) is 5.49. The van der Waals surface area contributed by atoms with Gasteiger partial charge in [0.1, 0.15) is 0 Å². The molecule has 0 aromatic heterocycles. The summed E-state index contributed by atoms with van der Waals surface area (Å²) in [6, 6.07) is 4.49. The van der Waals surface area contributed by atoms with Crippen LogP contribution in [0.15, 0.2) is 18.2 Å². The molecule has 0 aliphatic rings. The molecule has 1 unspecified atom stereocenters. The molecule has 0 amide bonds. The summed E-state index contributed by atoms with van der Waals surface area (Å²) in [5.74, 6) is -0.884. The number of benzene rings is 1. The second-order valence-corrected chi connectivity index (χ2v) is 4.83. The van der Waals surface area contributed by atoms with Gasteiger partial charge < -0.3 is 10.4 Å². The fourth-order valence-electron chi connectivity index (χ4n) is 1.56. The SMILES string of the molecule is CCC(C)(CNc1cc([N+](=O)[O-])ccc1C)C(=O)O. The van der Waals surface area contributed by atoms with E-state index in [0.717, 1.165) is 5.56 Å². The van der Waals surface area contributed by atoms with Crippen LogP contribution in [0.25, 0.3) is 0 Å². The predicted molar refractivity (Wildman–Crippen MR) is 72.4 cm³/mol. The largest absolute Gasteiger partial charge is 0.481 e. The molecule has 0 heterocycles. The Morgan fingerprint density at radius 2 is 2.16 bits per heavy atom. The van der Waals surface area contributed by atoms with Crippen molar-refractivity contribution in [2.75, 3.05) is 11.9 Å². The number of rotatable bonds is 6. The Bertz CT molecular complexity index is 501. The van der Waals surface area contributed by atoms with Gasteiger partial charge in [-0.1, -0.05) is 13.0 Å². The molecule has 0 spiro atoms. The Balaban J connectivity index is 2.91. The average Bonchev–Trinajstić information content (AvgIpc) is 2.36. The first-order chi connectivity index (χ1) is 8.80. The van der Waals surface area contributed by atoms with Crippen LogP contribution in [0.3, 0.4) is 0 Å². The minimum Gasteiger partial charge on any atom is -0.481 e. The van der Waals surface area contributed by atoms with Crippen LogP contribution in [-0.2, 0) is 4.79 Å². The summed E-state index contributed by atoms with van der Waals surface area (Å²) in [5.41, 5.74) is 0.531. The quantitative estimate of drug-likeness (QED) is 0.610. The molecule has 6 nitrogen and oxygen atoms in total. The van der Waals surface area contributed by atoms with Gasteiger partial charge in [0.25, 0.3) is 5.69 Å². The van der Waals surface area contributed by atoms with E-state index < -0.39 is 16.3 Å². The average molecular weight is 266 g/mol. The van der Waals surface area contributed by atoms with Crippen molar-refractivity contribution in [1.29, 1.82) is 0 Å². The molecule has 0 aliphatic carbocycles. The van der Waals surface area contributed by atoms with E-state index in [2.05, 4.69) is 5.32 Å². The van der Waals surface area contributed by atoms with Crippen molar-refractivity contribution in [3.05, 3.63) is 33.9 Å². The molecule has 0 saturated heterocycles. The number of hydrogen-bond donors (Lipinski definition) is 2. The van der Waals surface area contributed by atoms with E-state index in [1.165, 1.54) is 12.1 Å². The minimum absolute atomic E-state index is 0.0124. The summed E-state index contributed by atoms with van der Waals surface area (Å²) < 4.78 is 0. The second kappa shape index (κ2) is 5.69. The smallest absolute Gasteiger partial charge is 0.311 e. The first-order valence-corrected chi connectivity index (χ1v) is 6.02. The molecule has 1 atom stereocenters. The number of non-ortho nitro benzene ring substituents is 1. The molecule has 0 aliphatic heterocycles. The van der Waals surface area contributed by atoms with Gasteiger partial charge >= 0.3 is 5.97 Å². The molecule has 6 heteroatoms. The highest BCUT2D eigenvalue weighted by Gasteiger charge is 2.30. The third kappa shape index (κ3) is 3.43. The number of nitro benzene ring substituents is 1. The molecule has 1 aromatic carbocycles. The van der Waals surface area contributed by atoms with Crippen molar-refractivity contribution in [2.45, 2.75) is 27.2 Å². The van der Waals surface area contributed by atoms with Crippen molar-refractivity contribution >= 4 is 17.3 Å². The van der Waals surface area contributed by atoms with E-state index in [1.807, 2.05) is 6.92 Å². The van der Waals surface area contributed by atoms with Crippen molar-refractivity contribution in [2.24, 2.45) is 5.41 Å². The van der Waals surface area contributed by atoms with Crippen LogP contribution in [0, 0.1) is 22.5 Å². The van der Waals surface area contributed by atoms with E-state index in [-0.39, 0.29) is 12.2 Å². The number of carbonyl (C=O) groups is 1. The van der Waals surface area contributed by atoms with Crippen molar-refractivity contribution in [1.82, 2.24) is 0 Å². The lowest BCUT2D eigenvalue weighted by Crippen LogP contribution is -2.34. The predicted octanol–water partition coefficient (Wildman–Crippen LogP) is 2.82. The summed E-state index contributed by atoms with van der Waals surface area (Å²) >= 11 is 0. The van der Waals surface area contributed by atoms with Gasteiger partial charge in [-0.3, -0.25) is 14.9 Å². The van der Waals surface area contributed by atoms with Crippen LogP contribution in [0.5, 0.6) is 0 Å². The topological polar surface area (TPSA) is 92.5 Å². The molecule has 19 heavy (non-hydrogen) atoms. The van der Waals surface area contributed by atoms with Gasteiger partial charge in [0.05, 0.1) is 10.3 Å². The zero-order valence-corrected chi connectivity index (χ0v) is 11.3. The monoisotopic (exact) mass is 266 g/mol. The molecule has 104 valence electrons. The Morgan fingerprint density at radius 1 is 1.53 bits per heavy atom. The summed E-state index contributed by atoms with van der Waals surface area (Å²) in [7, 11) is 0.